The molecule has 0 fully saturated rings. The van der Waals surface area contributed by atoms with E-state index in [0.29, 0.717) is 18.1 Å². The van der Waals surface area contributed by atoms with Crippen molar-refractivity contribution in [1.82, 2.24) is 0 Å². The van der Waals surface area contributed by atoms with Gasteiger partial charge in [0.15, 0.2) is 18.1 Å². The van der Waals surface area contributed by atoms with Gasteiger partial charge in [-0.2, -0.15) is 0 Å². The van der Waals surface area contributed by atoms with Gasteiger partial charge in [0, 0.05) is 11.3 Å². The van der Waals surface area contributed by atoms with Crippen molar-refractivity contribution < 1.29 is 14.3 Å². The van der Waals surface area contributed by atoms with Crippen molar-refractivity contribution in [2.75, 3.05) is 18.5 Å². The van der Waals surface area contributed by atoms with Gasteiger partial charge in [0.05, 0.1) is 6.61 Å². The van der Waals surface area contributed by atoms with Gasteiger partial charge < -0.3 is 14.8 Å². The zero-order valence-electron chi connectivity index (χ0n) is 14.6. The molecule has 1 amide bonds. The minimum absolute atomic E-state index is 0.0901. The van der Waals surface area contributed by atoms with Crippen molar-refractivity contribution in [3.63, 3.8) is 0 Å². The Morgan fingerprint density at radius 3 is 2.15 bits per heavy atom. The van der Waals surface area contributed by atoms with Gasteiger partial charge in [0.1, 0.15) is 0 Å². The van der Waals surface area contributed by atoms with E-state index in [1.165, 1.54) is 0 Å². The Kier molecular flexibility index (Phi) is 5.88. The van der Waals surface area contributed by atoms with Gasteiger partial charge >= 0.3 is 0 Å². The van der Waals surface area contributed by atoms with Crippen LogP contribution in [0.4, 0.5) is 5.69 Å². The van der Waals surface area contributed by atoms with Crippen LogP contribution >= 0.6 is 0 Å². The number of anilines is 1. The van der Waals surface area contributed by atoms with Crippen molar-refractivity contribution in [3.05, 3.63) is 78.9 Å². The first-order valence-electron chi connectivity index (χ1n) is 8.57. The van der Waals surface area contributed by atoms with Gasteiger partial charge in [0.25, 0.3) is 5.91 Å². The Balaban J connectivity index is 1.68. The van der Waals surface area contributed by atoms with Gasteiger partial charge in [-0.05, 0) is 30.7 Å². The number of benzene rings is 3. The average molecular weight is 347 g/mol. The van der Waals surface area contributed by atoms with Gasteiger partial charge in [-0.1, -0.05) is 60.7 Å². The van der Waals surface area contributed by atoms with Gasteiger partial charge in [-0.25, -0.2) is 0 Å². The monoisotopic (exact) mass is 347 g/mol. The van der Waals surface area contributed by atoms with Crippen LogP contribution in [-0.2, 0) is 4.79 Å². The second-order valence-corrected chi connectivity index (χ2v) is 5.63. The lowest BCUT2D eigenvalue weighted by molar-refractivity contribution is -0.118. The van der Waals surface area contributed by atoms with Gasteiger partial charge in [-0.15, -0.1) is 0 Å². The van der Waals surface area contributed by atoms with Crippen molar-refractivity contribution in [3.8, 4) is 22.6 Å². The maximum atomic E-state index is 12.4. The summed E-state index contributed by atoms with van der Waals surface area (Å²) < 4.78 is 11.1. The molecule has 0 aliphatic rings. The fourth-order valence-electron chi connectivity index (χ4n) is 2.64. The molecule has 0 radical (unpaired) electrons. The van der Waals surface area contributed by atoms with Crippen LogP contribution in [0.5, 0.6) is 11.5 Å². The molecule has 3 aromatic carbocycles. The normalized spacial score (nSPS) is 10.2. The van der Waals surface area contributed by atoms with Crippen LogP contribution in [0.2, 0.25) is 0 Å². The van der Waals surface area contributed by atoms with Gasteiger partial charge in [0.2, 0.25) is 0 Å². The molecule has 132 valence electrons. The summed E-state index contributed by atoms with van der Waals surface area (Å²) >= 11 is 0. The molecule has 0 heterocycles. The van der Waals surface area contributed by atoms with E-state index in [1.807, 2.05) is 79.7 Å². The SMILES string of the molecule is CCOc1ccccc1OCC(=O)Nc1ccccc1-c1ccccc1. The number of hydrogen-bond donors (Lipinski definition) is 1. The fraction of sp³-hybridized carbons (Fsp3) is 0.136. The van der Waals surface area contributed by atoms with Crippen LogP contribution in [0.1, 0.15) is 6.92 Å². The molecule has 4 heteroatoms. The minimum Gasteiger partial charge on any atom is -0.490 e. The van der Waals surface area contributed by atoms with Crippen LogP contribution < -0.4 is 14.8 Å². The van der Waals surface area contributed by atoms with E-state index in [-0.39, 0.29) is 12.5 Å². The van der Waals surface area contributed by atoms with Crippen LogP contribution in [0.25, 0.3) is 11.1 Å². The second-order valence-electron chi connectivity index (χ2n) is 5.63. The van der Waals surface area contributed by atoms with Crippen molar-refractivity contribution in [2.45, 2.75) is 6.92 Å². The molecule has 0 aromatic heterocycles. The first-order chi connectivity index (χ1) is 12.8. The van der Waals surface area contributed by atoms with E-state index in [2.05, 4.69) is 5.32 Å². The van der Waals surface area contributed by atoms with Crippen molar-refractivity contribution in [1.29, 1.82) is 0 Å². The summed E-state index contributed by atoms with van der Waals surface area (Å²) in [6, 6.07) is 25.0. The summed E-state index contributed by atoms with van der Waals surface area (Å²) in [5.41, 5.74) is 2.77. The van der Waals surface area contributed by atoms with E-state index >= 15 is 0 Å². The predicted molar refractivity (Wildman–Crippen MR) is 104 cm³/mol. The average Bonchev–Trinajstić information content (AvgIpc) is 2.69. The number of amides is 1. The minimum atomic E-state index is -0.223. The highest BCUT2D eigenvalue weighted by molar-refractivity contribution is 5.96. The van der Waals surface area contributed by atoms with E-state index in [4.69, 9.17) is 9.47 Å². The predicted octanol–water partition coefficient (Wildman–Crippen LogP) is 4.77. The fourth-order valence-corrected chi connectivity index (χ4v) is 2.64. The van der Waals surface area contributed by atoms with Crippen LogP contribution in [0.15, 0.2) is 78.9 Å². The van der Waals surface area contributed by atoms with Crippen molar-refractivity contribution >= 4 is 11.6 Å². The maximum Gasteiger partial charge on any atom is 0.262 e. The lowest BCUT2D eigenvalue weighted by atomic mass is 10.0. The third-order valence-electron chi connectivity index (χ3n) is 3.79. The lowest BCUT2D eigenvalue weighted by Crippen LogP contribution is -2.20. The number of hydrogen-bond acceptors (Lipinski definition) is 3. The molecule has 0 aliphatic carbocycles. The smallest absolute Gasteiger partial charge is 0.262 e. The summed E-state index contributed by atoms with van der Waals surface area (Å²) in [5.74, 6) is 0.966. The van der Waals surface area contributed by atoms with E-state index in [0.717, 1.165) is 16.8 Å². The molecule has 26 heavy (non-hydrogen) atoms. The van der Waals surface area contributed by atoms with Crippen LogP contribution in [0, 0.1) is 0 Å². The van der Waals surface area contributed by atoms with E-state index in [1.54, 1.807) is 6.07 Å². The topological polar surface area (TPSA) is 47.6 Å². The van der Waals surface area contributed by atoms with Crippen LogP contribution in [0.3, 0.4) is 0 Å². The Bertz CT molecular complexity index is 862. The Morgan fingerprint density at radius 2 is 1.42 bits per heavy atom. The number of para-hydroxylation sites is 3. The zero-order chi connectivity index (χ0) is 18.2. The molecule has 0 atom stereocenters. The van der Waals surface area contributed by atoms with Crippen molar-refractivity contribution in [2.24, 2.45) is 0 Å². The zero-order valence-corrected chi connectivity index (χ0v) is 14.6. The number of nitrogens with one attached hydrogen (secondary N) is 1. The molecule has 0 saturated carbocycles. The maximum absolute atomic E-state index is 12.4. The van der Waals surface area contributed by atoms with Crippen LogP contribution in [-0.4, -0.2) is 19.1 Å². The molecule has 4 nitrogen and oxygen atoms in total. The summed E-state index contributed by atoms with van der Waals surface area (Å²) in [5, 5.41) is 2.93. The summed E-state index contributed by atoms with van der Waals surface area (Å²) in [6.07, 6.45) is 0. The largest absolute Gasteiger partial charge is 0.490 e. The quantitative estimate of drug-likeness (QED) is 0.670. The highest BCUT2D eigenvalue weighted by Crippen LogP contribution is 2.28. The molecule has 0 spiro atoms. The number of rotatable bonds is 7. The number of carbonyl (C=O) groups is 1. The first-order valence-corrected chi connectivity index (χ1v) is 8.57. The molecular formula is C22H21NO3. The third kappa shape index (κ3) is 4.42. The molecule has 3 rings (SSSR count). The second kappa shape index (κ2) is 8.72. The lowest BCUT2D eigenvalue weighted by Gasteiger charge is -2.13. The molecule has 0 bridgehead atoms. The molecule has 0 saturated heterocycles. The van der Waals surface area contributed by atoms with Gasteiger partial charge in [-0.3, -0.25) is 4.79 Å². The summed E-state index contributed by atoms with van der Waals surface area (Å²) in [7, 11) is 0. The molecular weight excluding hydrogens is 326 g/mol. The molecule has 3 aromatic rings. The Morgan fingerprint density at radius 1 is 0.808 bits per heavy atom. The number of carbonyl (C=O) groups excluding carboxylic acids is 1. The van der Waals surface area contributed by atoms with E-state index < -0.39 is 0 Å². The molecule has 1 N–H and O–H groups in total. The highest BCUT2D eigenvalue weighted by atomic mass is 16.5. The standard InChI is InChI=1S/C22H21NO3/c1-2-25-20-14-8-9-15-21(20)26-16-22(24)23-19-13-7-6-12-18(19)17-10-4-3-5-11-17/h3-15H,2,16H2,1H3,(H,23,24). The molecule has 0 unspecified atom stereocenters. The number of ether oxygens (including phenoxy) is 2. The molecule has 0 aliphatic heterocycles. The highest BCUT2D eigenvalue weighted by Gasteiger charge is 2.10. The Labute approximate surface area is 153 Å². The summed E-state index contributed by atoms with van der Waals surface area (Å²) in [6.45, 7) is 2.36. The third-order valence-corrected chi connectivity index (χ3v) is 3.79. The summed E-state index contributed by atoms with van der Waals surface area (Å²) in [4.78, 5) is 12.4. The Hall–Kier alpha value is -3.27. The first kappa shape index (κ1) is 17.5. The van der Waals surface area contributed by atoms with E-state index in [9.17, 15) is 4.79 Å².